The second-order valence-corrected chi connectivity index (χ2v) is 2.98. The van der Waals surface area contributed by atoms with Crippen molar-refractivity contribution in [3.05, 3.63) is 23.8 Å². The van der Waals surface area contributed by atoms with E-state index in [1.807, 2.05) is 6.07 Å². The molecule has 0 fully saturated rings. The van der Waals surface area contributed by atoms with Gasteiger partial charge >= 0.3 is 0 Å². The summed E-state index contributed by atoms with van der Waals surface area (Å²) in [5.74, 6) is -0.230. The van der Waals surface area contributed by atoms with Crippen molar-refractivity contribution >= 4 is 11.7 Å². The maximum atomic E-state index is 10.9. The van der Waals surface area contributed by atoms with Crippen molar-refractivity contribution in [2.75, 3.05) is 7.05 Å². The van der Waals surface area contributed by atoms with Gasteiger partial charge in [0.25, 0.3) is 0 Å². The van der Waals surface area contributed by atoms with Gasteiger partial charge in [-0.1, -0.05) is 12.2 Å². The first-order chi connectivity index (χ1) is 7.10. The molecule has 1 amide bonds. The molecule has 0 aliphatic heterocycles. The number of hydrogen-bond donors (Lipinski definition) is 1. The van der Waals surface area contributed by atoms with Gasteiger partial charge in [-0.25, -0.2) is 0 Å². The molecule has 0 aliphatic carbocycles. The van der Waals surface area contributed by atoms with Crippen LogP contribution in [-0.2, 0) is 9.59 Å². The van der Waals surface area contributed by atoms with Crippen LogP contribution in [0.25, 0.3) is 0 Å². The average molecular weight is 206 g/mol. The number of amides is 1. The van der Waals surface area contributed by atoms with Gasteiger partial charge in [0.15, 0.2) is 0 Å². The number of hydrogen-bond acceptors (Lipinski definition) is 3. The number of nitrogens with one attached hydrogen (secondary N) is 1. The molecule has 0 aliphatic rings. The third-order valence-electron chi connectivity index (χ3n) is 1.61. The molecule has 80 valence electrons. The van der Waals surface area contributed by atoms with E-state index >= 15 is 0 Å². The van der Waals surface area contributed by atoms with Crippen molar-refractivity contribution in [1.82, 2.24) is 5.32 Å². The molecule has 0 aromatic rings. The highest BCUT2D eigenvalue weighted by atomic mass is 16.1. The maximum Gasteiger partial charge on any atom is 0.244 e. The topological polar surface area (TPSA) is 70.0 Å². The van der Waals surface area contributed by atoms with E-state index in [2.05, 4.69) is 5.32 Å². The van der Waals surface area contributed by atoms with Crippen LogP contribution >= 0.6 is 0 Å². The molecule has 0 atom stereocenters. The first kappa shape index (κ1) is 13.1. The fraction of sp³-hybridized carbons (Fsp3) is 0.364. The number of nitrogens with zero attached hydrogens (tertiary/aromatic N) is 1. The summed E-state index contributed by atoms with van der Waals surface area (Å²) in [6, 6.07) is 1.92. The molecule has 0 heterocycles. The van der Waals surface area contributed by atoms with Gasteiger partial charge in [-0.3, -0.25) is 9.59 Å². The fourth-order valence-electron chi connectivity index (χ4n) is 0.827. The summed E-state index contributed by atoms with van der Waals surface area (Å²) >= 11 is 0. The van der Waals surface area contributed by atoms with Gasteiger partial charge in [0.2, 0.25) is 5.91 Å². The van der Waals surface area contributed by atoms with Crippen molar-refractivity contribution in [2.24, 2.45) is 0 Å². The summed E-state index contributed by atoms with van der Waals surface area (Å²) in [7, 11) is 1.50. The van der Waals surface area contributed by atoms with Crippen molar-refractivity contribution in [1.29, 1.82) is 5.26 Å². The lowest BCUT2D eigenvalue weighted by Gasteiger charge is -1.93. The monoisotopic (exact) mass is 206 g/mol. The second-order valence-electron chi connectivity index (χ2n) is 2.98. The Bertz CT molecular complexity index is 335. The number of carbonyl (C=O) groups excluding carboxylic acids is 2. The minimum atomic E-state index is -0.300. The zero-order chi connectivity index (χ0) is 11.7. The number of nitriles is 1. The summed E-state index contributed by atoms with van der Waals surface area (Å²) in [4.78, 5) is 21.5. The van der Waals surface area contributed by atoms with Crippen LogP contribution in [-0.4, -0.2) is 18.7 Å². The van der Waals surface area contributed by atoms with E-state index in [0.29, 0.717) is 18.4 Å². The van der Waals surface area contributed by atoms with Crippen LogP contribution in [0.4, 0.5) is 0 Å². The van der Waals surface area contributed by atoms with E-state index in [-0.39, 0.29) is 11.7 Å². The highest BCUT2D eigenvalue weighted by Gasteiger charge is 1.97. The fourth-order valence-corrected chi connectivity index (χ4v) is 0.827. The van der Waals surface area contributed by atoms with E-state index in [1.54, 1.807) is 12.2 Å². The van der Waals surface area contributed by atoms with Crippen LogP contribution in [0.1, 0.15) is 19.8 Å². The standard InChI is InChI=1S/C11H14N2O2/c1-9(14)5-3-4-6-10(8-12)7-11(15)13-2/h3-4,7H,5-6H2,1-2H3,(H,13,15). The number of ketones is 1. The Hall–Kier alpha value is -1.89. The zero-order valence-corrected chi connectivity index (χ0v) is 8.91. The summed E-state index contributed by atoms with van der Waals surface area (Å²) in [6.07, 6.45) is 5.38. The third-order valence-corrected chi connectivity index (χ3v) is 1.61. The first-order valence-corrected chi connectivity index (χ1v) is 4.57. The minimum absolute atomic E-state index is 0.0695. The number of allylic oxidation sites excluding steroid dienone is 3. The summed E-state index contributed by atoms with van der Waals surface area (Å²) in [5, 5.41) is 11.1. The number of carbonyl (C=O) groups is 2. The van der Waals surface area contributed by atoms with E-state index in [9.17, 15) is 9.59 Å². The van der Waals surface area contributed by atoms with E-state index in [1.165, 1.54) is 20.0 Å². The molecule has 0 unspecified atom stereocenters. The Morgan fingerprint density at radius 2 is 1.93 bits per heavy atom. The SMILES string of the molecule is CNC(=O)C=C(C#N)CC=CCC(C)=O. The van der Waals surface area contributed by atoms with Gasteiger partial charge in [0, 0.05) is 31.5 Å². The lowest BCUT2D eigenvalue weighted by molar-refractivity contribution is -0.117. The molecule has 4 heteroatoms. The molecule has 15 heavy (non-hydrogen) atoms. The highest BCUT2D eigenvalue weighted by Crippen LogP contribution is 2.01. The molecule has 0 aromatic heterocycles. The Kier molecular flexibility index (Phi) is 6.56. The summed E-state index contributed by atoms with van der Waals surface area (Å²) in [6.45, 7) is 1.50. The Labute approximate surface area is 89.3 Å². The van der Waals surface area contributed by atoms with Crippen molar-refractivity contribution in [3.63, 3.8) is 0 Å². The molecule has 4 nitrogen and oxygen atoms in total. The quantitative estimate of drug-likeness (QED) is 0.416. The van der Waals surface area contributed by atoms with Gasteiger partial charge < -0.3 is 5.32 Å². The second kappa shape index (κ2) is 7.51. The largest absolute Gasteiger partial charge is 0.356 e. The van der Waals surface area contributed by atoms with Crippen LogP contribution in [0.2, 0.25) is 0 Å². The third kappa shape index (κ3) is 7.20. The van der Waals surface area contributed by atoms with E-state index in [0.717, 1.165) is 0 Å². The van der Waals surface area contributed by atoms with E-state index < -0.39 is 0 Å². The van der Waals surface area contributed by atoms with Gasteiger partial charge in [0.05, 0.1) is 6.07 Å². The van der Waals surface area contributed by atoms with E-state index in [4.69, 9.17) is 5.26 Å². The van der Waals surface area contributed by atoms with Crippen LogP contribution in [0.5, 0.6) is 0 Å². The first-order valence-electron chi connectivity index (χ1n) is 4.57. The zero-order valence-electron chi connectivity index (χ0n) is 8.91. The lowest BCUT2D eigenvalue weighted by atomic mass is 10.1. The Morgan fingerprint density at radius 3 is 2.40 bits per heavy atom. The van der Waals surface area contributed by atoms with Gasteiger partial charge in [-0.2, -0.15) is 5.26 Å². The molecule has 0 aromatic carbocycles. The van der Waals surface area contributed by atoms with Crippen molar-refractivity contribution in [2.45, 2.75) is 19.8 Å². The van der Waals surface area contributed by atoms with Crippen LogP contribution in [0, 0.1) is 11.3 Å². The van der Waals surface area contributed by atoms with Gasteiger partial charge in [-0.05, 0) is 6.92 Å². The average Bonchev–Trinajstić information content (AvgIpc) is 2.21. The van der Waals surface area contributed by atoms with Crippen LogP contribution < -0.4 is 5.32 Å². The van der Waals surface area contributed by atoms with Gasteiger partial charge in [0.1, 0.15) is 5.78 Å². The lowest BCUT2D eigenvalue weighted by Crippen LogP contribution is -2.14. The van der Waals surface area contributed by atoms with Crippen molar-refractivity contribution in [3.8, 4) is 6.07 Å². The summed E-state index contributed by atoms with van der Waals surface area (Å²) < 4.78 is 0. The number of likely N-dealkylation sites (N-methyl/N-ethyl adjacent to an activating group) is 1. The molecule has 0 saturated heterocycles. The predicted octanol–water partition coefficient (Wildman–Crippen LogP) is 1.11. The smallest absolute Gasteiger partial charge is 0.244 e. The molecular weight excluding hydrogens is 192 g/mol. The molecule has 0 bridgehead atoms. The molecule has 0 radical (unpaired) electrons. The van der Waals surface area contributed by atoms with Gasteiger partial charge in [-0.15, -0.1) is 0 Å². The number of Topliss-reactive ketones (excluding diaryl/α,β-unsaturated/α-hetero) is 1. The predicted molar refractivity (Wildman–Crippen MR) is 56.8 cm³/mol. The molecule has 0 saturated carbocycles. The molecule has 0 spiro atoms. The minimum Gasteiger partial charge on any atom is -0.356 e. The molecule has 0 rings (SSSR count). The van der Waals surface area contributed by atoms with Crippen LogP contribution in [0.3, 0.4) is 0 Å². The normalized spacial score (nSPS) is 11.1. The Balaban J connectivity index is 4.19. The molecular formula is C11H14N2O2. The number of rotatable bonds is 5. The maximum absolute atomic E-state index is 10.9. The highest BCUT2D eigenvalue weighted by molar-refractivity contribution is 5.88. The summed E-state index contributed by atoms with van der Waals surface area (Å²) in [5.41, 5.74) is 0.370. The van der Waals surface area contributed by atoms with Crippen molar-refractivity contribution < 1.29 is 9.59 Å². The van der Waals surface area contributed by atoms with Crippen LogP contribution in [0.15, 0.2) is 23.8 Å². The Morgan fingerprint density at radius 1 is 1.33 bits per heavy atom. The molecule has 1 N–H and O–H groups in total.